The van der Waals surface area contributed by atoms with Crippen molar-refractivity contribution in [2.75, 3.05) is 13.2 Å². The molecule has 0 spiro atoms. The van der Waals surface area contributed by atoms with E-state index in [1.807, 2.05) is 0 Å². The predicted octanol–water partition coefficient (Wildman–Crippen LogP) is 11.2. The number of phosphoric acid groups is 1. The Labute approximate surface area is 310 Å². The first kappa shape index (κ1) is 47.3. The molecular weight excluding hydrogens is 667 g/mol. The normalized spacial score (nSPS) is 16.8. The summed E-state index contributed by atoms with van der Waals surface area (Å²) in [5.41, 5.74) is 0. The van der Waals surface area contributed by atoms with Crippen molar-refractivity contribution in [2.45, 2.75) is 199 Å². The van der Waals surface area contributed by atoms with E-state index >= 15 is 0 Å². The van der Waals surface area contributed by atoms with Crippen LogP contribution < -0.4 is 0 Å². The molecule has 0 aliphatic carbocycles. The summed E-state index contributed by atoms with van der Waals surface area (Å²) in [6, 6.07) is 0. The Balaban J connectivity index is 2.08. The van der Waals surface area contributed by atoms with Gasteiger partial charge in [0.1, 0.15) is 6.61 Å². The second kappa shape index (κ2) is 32.8. The van der Waals surface area contributed by atoms with Gasteiger partial charge in [0.2, 0.25) is 0 Å². The third kappa shape index (κ3) is 32.6. The van der Waals surface area contributed by atoms with E-state index in [2.05, 4.69) is 54.8 Å². The van der Waals surface area contributed by atoms with Crippen LogP contribution in [0.4, 0.5) is 0 Å². The number of allylic oxidation sites excluding steroid dienone is 5. The number of hydrogen-bond donors (Lipinski definition) is 2. The zero-order chi connectivity index (χ0) is 37.3. The molecular formula is C41H73O9P. The van der Waals surface area contributed by atoms with Crippen molar-refractivity contribution in [1.29, 1.82) is 0 Å². The number of carbonyl (C=O) groups is 2. The molecule has 0 aromatic heterocycles. The van der Waals surface area contributed by atoms with Gasteiger partial charge < -0.3 is 24.0 Å². The Bertz CT molecular complexity index is 990. The number of phosphoric ester groups is 1. The van der Waals surface area contributed by atoms with E-state index < -0.39 is 32.5 Å². The van der Waals surface area contributed by atoms with E-state index in [0.717, 1.165) is 77.0 Å². The van der Waals surface area contributed by atoms with E-state index in [9.17, 15) is 14.2 Å². The minimum atomic E-state index is -4.76. The zero-order valence-electron chi connectivity index (χ0n) is 32.2. The minimum absolute atomic E-state index is 0.196. The molecule has 0 bridgehead atoms. The first-order chi connectivity index (χ1) is 24.7. The minimum Gasteiger partial charge on any atom is -0.462 e. The summed E-state index contributed by atoms with van der Waals surface area (Å²) in [7, 11) is -4.76. The van der Waals surface area contributed by atoms with Crippen molar-refractivity contribution in [2.24, 2.45) is 0 Å². The highest BCUT2D eigenvalue weighted by molar-refractivity contribution is 7.46. The van der Waals surface area contributed by atoms with Gasteiger partial charge in [0, 0.05) is 12.8 Å². The molecule has 1 aliphatic heterocycles. The lowest BCUT2D eigenvalue weighted by Gasteiger charge is -2.18. The van der Waals surface area contributed by atoms with Crippen molar-refractivity contribution in [3.05, 3.63) is 36.5 Å². The summed E-state index contributed by atoms with van der Waals surface area (Å²) < 4.78 is 32.2. The molecule has 296 valence electrons. The quantitative estimate of drug-likeness (QED) is 0.0212. The molecule has 2 N–H and O–H groups in total. The standard InChI is InChI=1S/C41H73O9P/c1-3-5-7-9-11-12-13-14-15-16-17-18-19-20-21-25-30-34-41(43)49-37(36-48-51(44,45)46)35-47-40(42)33-29-26-22-24-28-32-39-38(50-39)31-27-23-10-8-6-4-2/h11-12,14-15,23,27,37-39H,3-10,13,16-22,24-26,28-36H2,1-2H3,(H2,44,45,46)/b12-11-,15-14-,27-23-/t37-,38?,39?/m1/s1. The largest absolute Gasteiger partial charge is 0.469 e. The van der Waals surface area contributed by atoms with Crippen LogP contribution in [0.2, 0.25) is 0 Å². The van der Waals surface area contributed by atoms with Crippen LogP contribution in [-0.4, -0.2) is 53.3 Å². The first-order valence-corrected chi connectivity index (χ1v) is 21.9. The molecule has 0 aromatic rings. The Morgan fingerprint density at radius 3 is 1.73 bits per heavy atom. The Kier molecular flexibility index (Phi) is 30.4. The summed E-state index contributed by atoms with van der Waals surface area (Å²) in [6.07, 6.45) is 40.2. The topological polar surface area (TPSA) is 132 Å². The second-order valence-electron chi connectivity index (χ2n) is 14.0. The van der Waals surface area contributed by atoms with Gasteiger partial charge in [0.05, 0.1) is 18.8 Å². The van der Waals surface area contributed by atoms with Crippen molar-refractivity contribution in [3.8, 4) is 0 Å². The van der Waals surface area contributed by atoms with Gasteiger partial charge in [-0.15, -0.1) is 0 Å². The molecule has 1 rings (SSSR count). The molecule has 51 heavy (non-hydrogen) atoms. The van der Waals surface area contributed by atoms with Crippen molar-refractivity contribution < 1.29 is 42.7 Å². The zero-order valence-corrected chi connectivity index (χ0v) is 33.1. The molecule has 10 heteroatoms. The van der Waals surface area contributed by atoms with Crippen molar-refractivity contribution in [3.63, 3.8) is 0 Å². The molecule has 0 aromatic carbocycles. The summed E-state index contributed by atoms with van der Waals surface area (Å²) in [6.45, 7) is 3.60. The Morgan fingerprint density at radius 2 is 1.14 bits per heavy atom. The maximum Gasteiger partial charge on any atom is 0.469 e. The molecule has 0 saturated carbocycles. The number of epoxide rings is 1. The smallest absolute Gasteiger partial charge is 0.462 e. The Hall–Kier alpha value is -1.77. The fraction of sp³-hybridized carbons (Fsp3) is 0.805. The van der Waals surface area contributed by atoms with Crippen molar-refractivity contribution >= 4 is 19.8 Å². The van der Waals surface area contributed by atoms with E-state index in [1.54, 1.807) is 0 Å². The Morgan fingerprint density at radius 1 is 0.627 bits per heavy atom. The van der Waals surface area contributed by atoms with Crippen LogP contribution in [0, 0.1) is 0 Å². The number of hydrogen-bond acceptors (Lipinski definition) is 7. The van der Waals surface area contributed by atoms with Crippen LogP contribution in [0.15, 0.2) is 36.5 Å². The highest BCUT2D eigenvalue weighted by Crippen LogP contribution is 2.36. The molecule has 9 nitrogen and oxygen atoms in total. The average Bonchev–Trinajstić information content (AvgIpc) is 3.85. The van der Waals surface area contributed by atoms with Gasteiger partial charge in [0.15, 0.2) is 6.10 Å². The maximum absolute atomic E-state index is 12.4. The van der Waals surface area contributed by atoms with Crippen LogP contribution >= 0.6 is 7.82 Å². The lowest BCUT2D eigenvalue weighted by molar-refractivity contribution is -0.161. The van der Waals surface area contributed by atoms with Crippen LogP contribution in [0.1, 0.15) is 181 Å². The monoisotopic (exact) mass is 740 g/mol. The van der Waals surface area contributed by atoms with Gasteiger partial charge in [0.25, 0.3) is 0 Å². The van der Waals surface area contributed by atoms with Crippen LogP contribution in [0.25, 0.3) is 0 Å². The number of ether oxygens (including phenoxy) is 3. The van der Waals surface area contributed by atoms with Crippen LogP contribution in [0.3, 0.4) is 0 Å². The van der Waals surface area contributed by atoms with Gasteiger partial charge in [-0.05, 0) is 70.6 Å². The molecule has 1 fully saturated rings. The summed E-state index contributed by atoms with van der Waals surface area (Å²) in [4.78, 5) is 42.9. The number of carbonyl (C=O) groups excluding carboxylic acids is 2. The molecule has 1 saturated heterocycles. The van der Waals surface area contributed by atoms with Gasteiger partial charge in [-0.1, -0.05) is 134 Å². The molecule has 0 radical (unpaired) electrons. The fourth-order valence-electron chi connectivity index (χ4n) is 5.88. The summed E-state index contributed by atoms with van der Waals surface area (Å²) >= 11 is 0. The highest BCUT2D eigenvalue weighted by atomic mass is 31.2. The van der Waals surface area contributed by atoms with E-state index in [0.29, 0.717) is 25.0 Å². The SMILES string of the molecule is CCCCC/C=C\C/C=C\CCCCCCCCCC(=O)O[C@H](COC(=O)CCCCCCCC1OC1C/C=C\CCCCC)COP(=O)(O)O. The van der Waals surface area contributed by atoms with Crippen molar-refractivity contribution in [1.82, 2.24) is 0 Å². The molecule has 1 aliphatic rings. The predicted molar refractivity (Wildman–Crippen MR) is 206 cm³/mol. The fourth-order valence-corrected chi connectivity index (χ4v) is 6.24. The second-order valence-corrected chi connectivity index (χ2v) is 15.2. The summed E-state index contributed by atoms with van der Waals surface area (Å²) in [5.74, 6) is -0.916. The molecule has 2 unspecified atom stereocenters. The lowest BCUT2D eigenvalue weighted by Crippen LogP contribution is -2.29. The van der Waals surface area contributed by atoms with Gasteiger partial charge >= 0.3 is 19.8 Å². The first-order valence-electron chi connectivity index (χ1n) is 20.4. The molecule has 0 amide bonds. The third-order valence-corrected chi connectivity index (χ3v) is 9.54. The molecule has 3 atom stereocenters. The number of esters is 2. The number of unbranched alkanes of at least 4 members (excludes halogenated alkanes) is 17. The van der Waals surface area contributed by atoms with Gasteiger partial charge in [-0.2, -0.15) is 0 Å². The summed E-state index contributed by atoms with van der Waals surface area (Å²) in [5, 5.41) is 0. The van der Waals surface area contributed by atoms with Crippen LogP contribution in [-0.2, 0) is 32.9 Å². The third-order valence-electron chi connectivity index (χ3n) is 9.06. The number of rotatable bonds is 36. The van der Waals surface area contributed by atoms with E-state index in [4.69, 9.17) is 24.0 Å². The average molecular weight is 741 g/mol. The van der Waals surface area contributed by atoms with Crippen LogP contribution in [0.5, 0.6) is 0 Å². The molecule has 1 heterocycles. The van der Waals surface area contributed by atoms with E-state index in [1.165, 1.54) is 64.2 Å². The lowest BCUT2D eigenvalue weighted by atomic mass is 10.1. The van der Waals surface area contributed by atoms with E-state index in [-0.39, 0.29) is 19.4 Å². The highest BCUT2D eigenvalue weighted by Gasteiger charge is 2.36. The van der Waals surface area contributed by atoms with Gasteiger partial charge in [-0.25, -0.2) is 4.57 Å². The maximum atomic E-state index is 12.4. The van der Waals surface area contributed by atoms with Gasteiger partial charge in [-0.3, -0.25) is 14.1 Å².